The molecule has 2 atom stereocenters. The maximum atomic E-state index is 10.7. The molecule has 0 aliphatic rings. The first-order valence-corrected chi connectivity index (χ1v) is 5.13. The van der Waals surface area contributed by atoms with E-state index in [0.717, 1.165) is 0 Å². The van der Waals surface area contributed by atoms with Crippen molar-refractivity contribution in [2.45, 2.75) is 26.1 Å². The first kappa shape index (κ1) is 15.8. The Morgan fingerprint density at radius 2 is 1.76 bits per heavy atom. The van der Waals surface area contributed by atoms with Crippen LogP contribution in [0.5, 0.6) is 0 Å². The third-order valence-electron chi connectivity index (χ3n) is 1.63. The van der Waals surface area contributed by atoms with Crippen molar-refractivity contribution in [1.82, 2.24) is 0 Å². The van der Waals surface area contributed by atoms with Gasteiger partial charge in [-0.05, 0) is 0 Å². The van der Waals surface area contributed by atoms with E-state index in [4.69, 9.17) is 19.7 Å². The predicted octanol–water partition coefficient (Wildman–Crippen LogP) is -1.15. The van der Waals surface area contributed by atoms with Gasteiger partial charge in [0.1, 0.15) is 12.7 Å². The van der Waals surface area contributed by atoms with E-state index in [0.29, 0.717) is 0 Å². The molecule has 0 aromatic carbocycles. The van der Waals surface area contributed by atoms with Gasteiger partial charge in [-0.2, -0.15) is 0 Å². The summed E-state index contributed by atoms with van der Waals surface area (Å²) in [7, 11) is 0. The molecular formula is C10H18O7. The topological polar surface area (TPSA) is 102 Å². The monoisotopic (exact) mass is 250 g/mol. The van der Waals surface area contributed by atoms with Crippen molar-refractivity contribution in [1.29, 1.82) is 0 Å². The van der Waals surface area contributed by atoms with Crippen molar-refractivity contribution in [2.24, 2.45) is 0 Å². The minimum Gasteiger partial charge on any atom is -0.462 e. The second-order valence-corrected chi connectivity index (χ2v) is 3.41. The maximum Gasteiger partial charge on any atom is 0.303 e. The summed E-state index contributed by atoms with van der Waals surface area (Å²) in [6.45, 7) is 1.83. The number of rotatable bonds is 8. The summed E-state index contributed by atoms with van der Waals surface area (Å²) < 4.78 is 14.5. The molecule has 0 saturated carbocycles. The van der Waals surface area contributed by atoms with Crippen molar-refractivity contribution in [2.75, 3.05) is 26.4 Å². The maximum absolute atomic E-state index is 10.7. The molecule has 0 aliphatic carbocycles. The molecule has 0 aromatic rings. The number of esters is 2. The van der Waals surface area contributed by atoms with Gasteiger partial charge in [0.2, 0.25) is 0 Å². The molecule has 2 N–H and O–H groups in total. The van der Waals surface area contributed by atoms with Gasteiger partial charge in [0, 0.05) is 13.8 Å². The van der Waals surface area contributed by atoms with E-state index in [1.165, 1.54) is 13.8 Å². The molecule has 0 bridgehead atoms. The summed E-state index contributed by atoms with van der Waals surface area (Å²) in [5.74, 6) is -1.01. The Bertz CT molecular complexity index is 241. The van der Waals surface area contributed by atoms with Crippen LogP contribution in [0.3, 0.4) is 0 Å². The Hall–Kier alpha value is -1.18. The van der Waals surface area contributed by atoms with Crippen molar-refractivity contribution in [3.05, 3.63) is 0 Å². The number of aliphatic hydroxyl groups is 2. The number of aliphatic hydroxyl groups excluding tert-OH is 2. The highest BCUT2D eigenvalue weighted by atomic mass is 16.6. The molecule has 0 aliphatic heterocycles. The highest BCUT2D eigenvalue weighted by Gasteiger charge is 2.15. The first-order valence-electron chi connectivity index (χ1n) is 5.13. The normalized spacial score (nSPS) is 13.9. The van der Waals surface area contributed by atoms with Crippen molar-refractivity contribution >= 4 is 11.9 Å². The summed E-state index contributed by atoms with van der Waals surface area (Å²) in [6.07, 6.45) is -1.70. The van der Waals surface area contributed by atoms with Gasteiger partial charge in [0.15, 0.2) is 6.10 Å². The zero-order valence-corrected chi connectivity index (χ0v) is 9.92. The van der Waals surface area contributed by atoms with Gasteiger partial charge < -0.3 is 24.4 Å². The van der Waals surface area contributed by atoms with Crippen molar-refractivity contribution < 1.29 is 34.0 Å². The first-order chi connectivity index (χ1) is 7.95. The van der Waals surface area contributed by atoms with Crippen LogP contribution in [0.4, 0.5) is 0 Å². The largest absolute Gasteiger partial charge is 0.462 e. The molecule has 0 aromatic heterocycles. The fourth-order valence-corrected chi connectivity index (χ4v) is 0.949. The van der Waals surface area contributed by atoms with Gasteiger partial charge in [-0.25, -0.2) is 0 Å². The standard InChI is InChI=1S/C10H18O7/c1-7(12)16-6-10(17-8(2)13)5-15-4-9(14)3-11/h9-11,14H,3-6H2,1-2H3. The SMILES string of the molecule is CC(=O)OCC(COCC(O)CO)OC(C)=O. The van der Waals surface area contributed by atoms with Crippen LogP contribution in [-0.4, -0.2) is 60.8 Å². The fourth-order valence-electron chi connectivity index (χ4n) is 0.949. The molecule has 0 amide bonds. The highest BCUT2D eigenvalue weighted by Crippen LogP contribution is 1.97. The van der Waals surface area contributed by atoms with E-state index in [9.17, 15) is 9.59 Å². The van der Waals surface area contributed by atoms with Crippen molar-refractivity contribution in [3.63, 3.8) is 0 Å². The summed E-state index contributed by atoms with van der Waals surface area (Å²) in [5.41, 5.74) is 0. The van der Waals surface area contributed by atoms with Crippen LogP contribution < -0.4 is 0 Å². The fraction of sp³-hybridized carbons (Fsp3) is 0.800. The van der Waals surface area contributed by atoms with Crippen LogP contribution in [0.25, 0.3) is 0 Å². The van der Waals surface area contributed by atoms with E-state index in [-0.39, 0.29) is 19.8 Å². The van der Waals surface area contributed by atoms with Crippen LogP contribution in [0.15, 0.2) is 0 Å². The van der Waals surface area contributed by atoms with Crippen LogP contribution in [-0.2, 0) is 23.8 Å². The Labute approximate surface area is 99.3 Å². The molecule has 100 valence electrons. The predicted molar refractivity (Wildman–Crippen MR) is 56.1 cm³/mol. The van der Waals surface area contributed by atoms with E-state index < -0.39 is 30.8 Å². The second-order valence-electron chi connectivity index (χ2n) is 3.41. The third-order valence-corrected chi connectivity index (χ3v) is 1.63. The molecule has 2 unspecified atom stereocenters. The summed E-state index contributed by atoms with van der Waals surface area (Å²) in [6, 6.07) is 0. The van der Waals surface area contributed by atoms with Gasteiger partial charge in [-0.1, -0.05) is 0 Å². The zero-order chi connectivity index (χ0) is 13.3. The molecule has 7 heteroatoms. The number of carbonyl (C=O) groups excluding carboxylic acids is 2. The van der Waals surface area contributed by atoms with E-state index in [1.54, 1.807) is 0 Å². The number of hydrogen-bond acceptors (Lipinski definition) is 7. The lowest BCUT2D eigenvalue weighted by Gasteiger charge is -2.17. The average Bonchev–Trinajstić information content (AvgIpc) is 2.24. The molecule has 0 radical (unpaired) electrons. The van der Waals surface area contributed by atoms with Gasteiger partial charge in [-0.15, -0.1) is 0 Å². The van der Waals surface area contributed by atoms with Crippen molar-refractivity contribution in [3.8, 4) is 0 Å². The lowest BCUT2D eigenvalue weighted by atomic mass is 10.4. The van der Waals surface area contributed by atoms with E-state index in [2.05, 4.69) is 4.74 Å². The van der Waals surface area contributed by atoms with E-state index >= 15 is 0 Å². The number of carbonyl (C=O) groups is 2. The smallest absolute Gasteiger partial charge is 0.303 e. The Balaban J connectivity index is 3.92. The molecule has 0 spiro atoms. The zero-order valence-electron chi connectivity index (χ0n) is 9.92. The van der Waals surface area contributed by atoms with Gasteiger partial charge >= 0.3 is 11.9 Å². The Morgan fingerprint density at radius 3 is 2.24 bits per heavy atom. The van der Waals surface area contributed by atoms with Crippen LogP contribution in [0.2, 0.25) is 0 Å². The molecule has 0 fully saturated rings. The molecule has 7 nitrogen and oxygen atoms in total. The van der Waals surface area contributed by atoms with Crippen LogP contribution >= 0.6 is 0 Å². The van der Waals surface area contributed by atoms with E-state index in [1.807, 2.05) is 0 Å². The van der Waals surface area contributed by atoms with Gasteiger partial charge in [-0.3, -0.25) is 9.59 Å². The highest BCUT2D eigenvalue weighted by molar-refractivity contribution is 5.67. The summed E-state index contributed by atoms with van der Waals surface area (Å²) >= 11 is 0. The molecular weight excluding hydrogens is 232 g/mol. The summed E-state index contributed by atoms with van der Waals surface area (Å²) in [4.78, 5) is 21.3. The average molecular weight is 250 g/mol. The minimum absolute atomic E-state index is 0.0239. The Kier molecular flexibility index (Phi) is 8.29. The van der Waals surface area contributed by atoms with Crippen LogP contribution in [0, 0.1) is 0 Å². The lowest BCUT2D eigenvalue weighted by molar-refractivity contribution is -0.160. The van der Waals surface area contributed by atoms with Gasteiger partial charge in [0.05, 0.1) is 19.8 Å². The molecule has 17 heavy (non-hydrogen) atoms. The number of ether oxygens (including phenoxy) is 3. The lowest BCUT2D eigenvalue weighted by Crippen LogP contribution is -2.30. The van der Waals surface area contributed by atoms with Crippen LogP contribution in [0.1, 0.15) is 13.8 Å². The third kappa shape index (κ3) is 9.73. The molecule has 0 rings (SSSR count). The van der Waals surface area contributed by atoms with Gasteiger partial charge in [0.25, 0.3) is 0 Å². The summed E-state index contributed by atoms with van der Waals surface area (Å²) in [5, 5.41) is 17.5. The molecule has 0 heterocycles. The second kappa shape index (κ2) is 8.91. The quantitative estimate of drug-likeness (QED) is 0.524. The minimum atomic E-state index is -0.985. The number of hydrogen-bond donors (Lipinski definition) is 2. The molecule has 0 saturated heterocycles. The Morgan fingerprint density at radius 1 is 1.12 bits per heavy atom.